The van der Waals surface area contributed by atoms with Gasteiger partial charge in [-0.05, 0) is 0 Å². The van der Waals surface area contributed by atoms with Crippen LogP contribution in [-0.2, 0) is 9.53 Å². The lowest BCUT2D eigenvalue weighted by Crippen LogP contribution is -2.35. The second kappa shape index (κ2) is 4.03. The van der Waals surface area contributed by atoms with Crippen LogP contribution in [0, 0.1) is 5.41 Å². The van der Waals surface area contributed by atoms with Crippen molar-refractivity contribution in [2.45, 2.75) is 18.6 Å². The van der Waals surface area contributed by atoms with E-state index in [1.807, 2.05) is 0 Å². The number of nitrogens with zero attached hydrogens (tertiary/aromatic N) is 1. The summed E-state index contributed by atoms with van der Waals surface area (Å²) in [4.78, 5) is 15.1. The molecule has 0 bridgehead atoms. The fourth-order valence-corrected chi connectivity index (χ4v) is 1.56. The Kier molecular flexibility index (Phi) is 2.71. The molecule has 1 fully saturated rings. The number of amides is 1. The van der Waals surface area contributed by atoms with E-state index >= 15 is 0 Å². The molecule has 0 aliphatic carbocycles. The number of aliphatic hydroxyl groups excluding tert-OH is 2. The summed E-state index contributed by atoms with van der Waals surface area (Å²) in [7, 11) is 0. The van der Waals surface area contributed by atoms with Gasteiger partial charge in [-0.15, -0.1) is 0 Å². The minimum Gasteiger partial charge on any atom is -0.489 e. The van der Waals surface area contributed by atoms with Crippen molar-refractivity contribution >= 4 is 18.1 Å². The molecule has 4 N–H and O–H groups in total. The predicted molar refractivity (Wildman–Crippen MR) is 54.0 cm³/mol. The second-order valence-corrected chi connectivity index (χ2v) is 3.51. The van der Waals surface area contributed by atoms with E-state index in [0.717, 1.165) is 0 Å². The first-order valence-corrected chi connectivity index (χ1v) is 4.74. The number of aliphatic imine (C=N–C) groups is 1. The van der Waals surface area contributed by atoms with E-state index in [0.29, 0.717) is 5.76 Å². The predicted octanol–water partition coefficient (Wildman–Crippen LogP) is -1.48. The van der Waals surface area contributed by atoms with Crippen LogP contribution in [0.5, 0.6) is 0 Å². The zero-order valence-corrected chi connectivity index (χ0v) is 8.30. The van der Waals surface area contributed by atoms with Gasteiger partial charge in [0.25, 0.3) is 5.91 Å². The van der Waals surface area contributed by atoms with Gasteiger partial charge < -0.3 is 14.9 Å². The smallest absolute Gasteiger partial charge is 0.262 e. The molecule has 2 aliphatic rings. The molecule has 0 radical (unpaired) electrons. The average Bonchev–Trinajstić information content (AvgIpc) is 2.59. The molecule has 7 heteroatoms. The Morgan fingerprint density at radius 3 is 3.00 bits per heavy atom. The first-order valence-electron chi connectivity index (χ1n) is 4.74. The lowest BCUT2D eigenvalue weighted by Gasteiger charge is -2.12. The van der Waals surface area contributed by atoms with E-state index in [9.17, 15) is 9.90 Å². The molecular formula is C9H11N3O4. The highest BCUT2D eigenvalue weighted by molar-refractivity contribution is 6.22. The highest BCUT2D eigenvalue weighted by Crippen LogP contribution is 2.26. The molecule has 2 heterocycles. The number of rotatable bonds is 1. The van der Waals surface area contributed by atoms with Crippen LogP contribution in [0.25, 0.3) is 0 Å². The Morgan fingerprint density at radius 2 is 2.44 bits per heavy atom. The second-order valence-electron chi connectivity index (χ2n) is 3.51. The van der Waals surface area contributed by atoms with Gasteiger partial charge in [-0.2, -0.15) is 0 Å². The topological polar surface area (TPSA) is 115 Å². The fraction of sp³-hybridized carbons (Fsp3) is 0.444. The quantitative estimate of drug-likeness (QED) is 0.407. The number of nitrogens with one attached hydrogen (secondary N) is 2. The van der Waals surface area contributed by atoms with Crippen molar-refractivity contribution in [2.75, 3.05) is 6.61 Å². The first kappa shape index (κ1) is 10.8. The summed E-state index contributed by atoms with van der Waals surface area (Å²) in [6.45, 7) is -0.313. The van der Waals surface area contributed by atoms with Crippen LogP contribution >= 0.6 is 0 Å². The Bertz CT molecular complexity index is 402. The molecule has 1 amide bonds. The molecule has 0 saturated carbocycles. The van der Waals surface area contributed by atoms with E-state index in [-0.39, 0.29) is 24.6 Å². The molecule has 1 saturated heterocycles. The summed E-state index contributed by atoms with van der Waals surface area (Å²) in [5, 5.41) is 27.7. The molecule has 2 aliphatic heterocycles. The van der Waals surface area contributed by atoms with Crippen molar-refractivity contribution in [2.24, 2.45) is 4.99 Å². The number of hydrogen-bond acceptors (Lipinski definition) is 5. The highest BCUT2D eigenvalue weighted by atomic mass is 16.5. The van der Waals surface area contributed by atoms with Crippen molar-refractivity contribution in [1.82, 2.24) is 5.32 Å². The molecule has 0 aromatic rings. The molecule has 0 spiro atoms. The largest absolute Gasteiger partial charge is 0.489 e. The van der Waals surface area contributed by atoms with E-state index < -0.39 is 18.1 Å². The maximum Gasteiger partial charge on any atom is 0.262 e. The standard InChI is InChI=1S/C9H11N3O4/c10-9-11-2-4(8(15)12-9)6-1-5(14)7(3-13)16-6/h2,5,7,13-14H,1,3H2,(H2,10,12,15)/b6-4+/t5-,7+/m0/s1. The summed E-state index contributed by atoms with van der Waals surface area (Å²) in [5.41, 5.74) is 0.186. The third-order valence-electron chi connectivity index (χ3n) is 2.40. The van der Waals surface area contributed by atoms with Crippen molar-refractivity contribution in [3.63, 3.8) is 0 Å². The molecular weight excluding hydrogens is 214 g/mol. The minimum atomic E-state index is -0.824. The van der Waals surface area contributed by atoms with Crippen LogP contribution in [0.4, 0.5) is 0 Å². The monoisotopic (exact) mass is 225 g/mol. The Balaban J connectivity index is 2.27. The maximum absolute atomic E-state index is 11.5. The number of carbonyl (C=O) groups is 1. The lowest BCUT2D eigenvalue weighted by molar-refractivity contribution is -0.116. The third-order valence-corrected chi connectivity index (χ3v) is 2.40. The van der Waals surface area contributed by atoms with Gasteiger partial charge >= 0.3 is 0 Å². The molecule has 16 heavy (non-hydrogen) atoms. The Hall–Kier alpha value is -1.73. The summed E-state index contributed by atoms with van der Waals surface area (Å²) in [6.07, 6.45) is -0.142. The molecule has 7 nitrogen and oxygen atoms in total. The number of aliphatic hydroxyl groups is 2. The lowest BCUT2D eigenvalue weighted by atomic mass is 10.1. The minimum absolute atomic E-state index is 0.160. The molecule has 2 atom stereocenters. The summed E-state index contributed by atoms with van der Waals surface area (Å²) in [6, 6.07) is 0. The molecule has 2 rings (SSSR count). The average molecular weight is 225 g/mol. The van der Waals surface area contributed by atoms with E-state index in [1.54, 1.807) is 0 Å². The van der Waals surface area contributed by atoms with Gasteiger partial charge in [0.05, 0.1) is 12.2 Å². The summed E-state index contributed by atoms with van der Waals surface area (Å²) >= 11 is 0. The maximum atomic E-state index is 11.5. The zero-order valence-electron chi connectivity index (χ0n) is 8.30. The van der Waals surface area contributed by atoms with Crippen LogP contribution in [0.2, 0.25) is 0 Å². The summed E-state index contributed by atoms with van der Waals surface area (Å²) < 4.78 is 5.23. The first-order chi connectivity index (χ1) is 7.61. The van der Waals surface area contributed by atoms with Gasteiger partial charge in [0, 0.05) is 12.6 Å². The fourth-order valence-electron chi connectivity index (χ4n) is 1.56. The number of hydrogen-bond donors (Lipinski definition) is 4. The third kappa shape index (κ3) is 1.82. The Labute approximate surface area is 91.0 Å². The van der Waals surface area contributed by atoms with Gasteiger partial charge in [-0.25, -0.2) is 4.99 Å². The van der Waals surface area contributed by atoms with Gasteiger partial charge in [0.1, 0.15) is 18.0 Å². The van der Waals surface area contributed by atoms with Crippen LogP contribution < -0.4 is 5.32 Å². The van der Waals surface area contributed by atoms with Gasteiger partial charge in [-0.3, -0.25) is 15.5 Å². The van der Waals surface area contributed by atoms with Gasteiger partial charge in [-0.1, -0.05) is 0 Å². The highest BCUT2D eigenvalue weighted by Gasteiger charge is 2.33. The van der Waals surface area contributed by atoms with Gasteiger partial charge in [0.2, 0.25) is 5.96 Å². The molecule has 0 aromatic heterocycles. The van der Waals surface area contributed by atoms with Crippen molar-refractivity contribution in [1.29, 1.82) is 5.41 Å². The normalized spacial score (nSPS) is 33.9. The number of ether oxygens (including phenoxy) is 1. The van der Waals surface area contributed by atoms with Crippen LogP contribution in [0.1, 0.15) is 6.42 Å². The zero-order chi connectivity index (χ0) is 11.7. The molecule has 0 aromatic carbocycles. The molecule has 0 unspecified atom stereocenters. The summed E-state index contributed by atoms with van der Waals surface area (Å²) in [5.74, 6) is -0.423. The van der Waals surface area contributed by atoms with E-state index in [4.69, 9.17) is 15.3 Å². The Morgan fingerprint density at radius 1 is 1.69 bits per heavy atom. The molecule has 86 valence electrons. The van der Waals surface area contributed by atoms with Crippen LogP contribution in [-0.4, -0.2) is 47.1 Å². The van der Waals surface area contributed by atoms with Crippen LogP contribution in [0.3, 0.4) is 0 Å². The van der Waals surface area contributed by atoms with Crippen molar-refractivity contribution in [3.05, 3.63) is 11.3 Å². The van der Waals surface area contributed by atoms with Crippen LogP contribution in [0.15, 0.2) is 16.3 Å². The van der Waals surface area contributed by atoms with E-state index in [2.05, 4.69) is 10.3 Å². The van der Waals surface area contributed by atoms with Crippen molar-refractivity contribution in [3.8, 4) is 0 Å². The van der Waals surface area contributed by atoms with Gasteiger partial charge in [0.15, 0.2) is 0 Å². The number of guanidine groups is 1. The van der Waals surface area contributed by atoms with Crippen molar-refractivity contribution < 1.29 is 19.7 Å². The SMILES string of the molecule is N=C1N=C/C(=C2/C[C@H](O)[C@@H](CO)O2)C(=O)N1. The number of carbonyl (C=O) groups excluding carboxylic acids is 1. The van der Waals surface area contributed by atoms with E-state index in [1.165, 1.54) is 6.21 Å².